The van der Waals surface area contributed by atoms with Crippen molar-refractivity contribution in [2.45, 2.75) is 63.5 Å². The van der Waals surface area contributed by atoms with Gasteiger partial charge in [-0.15, -0.1) is 0 Å². The summed E-state index contributed by atoms with van der Waals surface area (Å²) in [5, 5.41) is 14.8. The first-order chi connectivity index (χ1) is 31.1. The highest BCUT2D eigenvalue weighted by atomic mass is 19.1. The van der Waals surface area contributed by atoms with E-state index >= 15 is 4.39 Å². The minimum absolute atomic E-state index is 0.116. The van der Waals surface area contributed by atoms with Gasteiger partial charge in [-0.1, -0.05) is 18.2 Å². The zero-order valence-electron chi connectivity index (χ0n) is 36.6. The van der Waals surface area contributed by atoms with Gasteiger partial charge in [0, 0.05) is 99.6 Å². The van der Waals surface area contributed by atoms with Crippen LogP contribution in [0.1, 0.15) is 79.0 Å². The van der Waals surface area contributed by atoms with E-state index < -0.39 is 17.8 Å². The average Bonchev–Trinajstić information content (AvgIpc) is 3.94. The summed E-state index contributed by atoms with van der Waals surface area (Å²) >= 11 is 0. The molecule has 2 aromatic carbocycles. The predicted octanol–water partition coefficient (Wildman–Crippen LogP) is 6.48. The third-order valence-electron chi connectivity index (χ3n) is 14.3. The number of nitrogens with one attached hydrogen (secondary N) is 3. The number of aryl methyl sites for hydroxylation is 1. The van der Waals surface area contributed by atoms with E-state index in [9.17, 15) is 14.4 Å². The van der Waals surface area contributed by atoms with Crippen molar-refractivity contribution in [1.82, 2.24) is 44.7 Å². The normalized spacial score (nSPS) is 20.3. The molecule has 3 amide bonds. The first-order valence-corrected chi connectivity index (χ1v) is 22.9. The number of hydrogen-bond donors (Lipinski definition) is 3. The lowest BCUT2D eigenvalue weighted by atomic mass is 9.88. The molecule has 2 atom stereocenters. The lowest BCUT2D eigenvalue weighted by molar-refractivity contribution is -0.133. The highest BCUT2D eigenvalue weighted by Crippen LogP contribution is 2.37. The third-order valence-corrected chi connectivity index (χ3v) is 14.3. The summed E-state index contributed by atoms with van der Waals surface area (Å²) in [7, 11) is 2.13. The number of pyridine rings is 2. The zero-order valence-corrected chi connectivity index (χ0v) is 36.6. The fourth-order valence-electron chi connectivity index (χ4n) is 10.5. The Hall–Kier alpha value is -6.19. The summed E-state index contributed by atoms with van der Waals surface area (Å²) in [6.07, 6.45) is 10.0. The standard InChI is InChI=1S/C49H56FN11O3/c1-31(44-27-40-39(11-16-51-46(40)57(44)2)36-7-8-42-37(25-36)28-53-56-42)59-19-14-34(15-20-59)33-3-5-35(6-4-33)49(64)61-17-12-32(13-18-61)30-58-21-23-60(24-22-58)47-41(50)26-38(29-52-47)54-43-9-10-45(62)55-48(43)63/h3-8,11,16,25-29,31-32,34,43,54H,9-10,12-15,17-24,30H2,1-2H3,(H,53,56)(H,55,62,63)/t31-,43?/m0/s1. The van der Waals surface area contributed by atoms with Crippen LogP contribution >= 0.6 is 0 Å². The van der Waals surface area contributed by atoms with Gasteiger partial charge < -0.3 is 19.7 Å². The van der Waals surface area contributed by atoms with E-state index in [4.69, 9.17) is 4.98 Å². The Kier molecular flexibility index (Phi) is 11.6. The fraction of sp³-hybridized carbons (Fsp3) is 0.429. The van der Waals surface area contributed by atoms with E-state index in [1.807, 2.05) is 34.3 Å². The molecule has 14 nitrogen and oxygen atoms in total. The van der Waals surface area contributed by atoms with E-state index in [0.717, 1.165) is 105 Å². The van der Waals surface area contributed by atoms with Crippen molar-refractivity contribution < 1.29 is 18.8 Å². The molecule has 8 heterocycles. The Bertz CT molecular complexity index is 2670. The monoisotopic (exact) mass is 865 g/mol. The number of aromatic nitrogens is 5. The Morgan fingerprint density at radius 3 is 2.41 bits per heavy atom. The van der Waals surface area contributed by atoms with Crippen LogP contribution in [0.15, 0.2) is 79.3 Å². The maximum Gasteiger partial charge on any atom is 0.253 e. The summed E-state index contributed by atoms with van der Waals surface area (Å²) in [6, 6.07) is 20.3. The van der Waals surface area contributed by atoms with Crippen molar-refractivity contribution in [1.29, 1.82) is 0 Å². The number of hydrogen-bond acceptors (Lipinski definition) is 10. The SMILES string of the molecule is C[C@@H](c1cc2c(-c3ccc4[nH]ncc4c3)ccnc2n1C)N1CCC(c2ccc(C(=O)N3CCC(CN4CCN(c5ncc(NC6CCC(=O)NC6=O)cc5F)CC4)CC3)cc2)CC1. The molecule has 6 aromatic rings. The van der Waals surface area contributed by atoms with Crippen LogP contribution in [0.2, 0.25) is 0 Å². The fourth-order valence-corrected chi connectivity index (χ4v) is 10.5. The number of benzene rings is 2. The van der Waals surface area contributed by atoms with Crippen LogP contribution < -0.4 is 15.5 Å². The van der Waals surface area contributed by atoms with Crippen molar-refractivity contribution in [3.05, 3.63) is 102 Å². The van der Waals surface area contributed by atoms with E-state index in [2.05, 4.69) is 96.6 Å². The molecule has 4 saturated heterocycles. The molecule has 4 aliphatic rings. The first kappa shape index (κ1) is 41.8. The van der Waals surface area contributed by atoms with Gasteiger partial charge in [-0.05, 0) is 117 Å². The minimum Gasteiger partial charge on any atom is -0.372 e. The number of nitrogens with zero attached hydrogens (tertiary/aromatic N) is 8. The molecular weight excluding hydrogens is 810 g/mol. The van der Waals surface area contributed by atoms with Gasteiger partial charge in [0.05, 0.1) is 23.6 Å². The zero-order chi connectivity index (χ0) is 43.9. The van der Waals surface area contributed by atoms with Crippen molar-refractivity contribution in [2.75, 3.05) is 69.1 Å². The van der Waals surface area contributed by atoms with Crippen LogP contribution in [0.4, 0.5) is 15.9 Å². The van der Waals surface area contributed by atoms with Crippen LogP contribution in [-0.2, 0) is 16.6 Å². The molecule has 0 bridgehead atoms. The molecule has 0 spiro atoms. The van der Waals surface area contributed by atoms with Gasteiger partial charge in [0.2, 0.25) is 11.8 Å². The molecule has 0 aliphatic carbocycles. The van der Waals surface area contributed by atoms with Gasteiger partial charge in [-0.3, -0.25) is 34.6 Å². The van der Waals surface area contributed by atoms with Gasteiger partial charge in [-0.25, -0.2) is 14.4 Å². The van der Waals surface area contributed by atoms with E-state index in [1.165, 1.54) is 22.9 Å². The number of carbonyl (C=O) groups is 3. The Morgan fingerprint density at radius 1 is 0.875 bits per heavy atom. The lowest BCUT2D eigenvalue weighted by Gasteiger charge is -2.39. The van der Waals surface area contributed by atoms with Crippen molar-refractivity contribution in [3.8, 4) is 11.1 Å². The molecule has 0 radical (unpaired) electrons. The van der Waals surface area contributed by atoms with Gasteiger partial charge in [0.15, 0.2) is 11.6 Å². The van der Waals surface area contributed by atoms with Gasteiger partial charge >= 0.3 is 0 Å². The number of aromatic amines is 1. The molecule has 64 heavy (non-hydrogen) atoms. The molecule has 332 valence electrons. The molecule has 3 N–H and O–H groups in total. The van der Waals surface area contributed by atoms with Gasteiger partial charge in [0.25, 0.3) is 5.91 Å². The summed E-state index contributed by atoms with van der Waals surface area (Å²) in [6.45, 7) is 9.78. The maximum absolute atomic E-state index is 15.2. The molecule has 4 aromatic heterocycles. The second-order valence-corrected chi connectivity index (χ2v) is 18.2. The molecular formula is C49H56FN11O3. The Morgan fingerprint density at radius 2 is 1.66 bits per heavy atom. The molecule has 1 unspecified atom stereocenters. The quantitative estimate of drug-likeness (QED) is 0.131. The van der Waals surface area contributed by atoms with Crippen LogP contribution in [0.5, 0.6) is 0 Å². The van der Waals surface area contributed by atoms with Gasteiger partial charge in [-0.2, -0.15) is 5.10 Å². The highest BCUT2D eigenvalue weighted by molar-refractivity contribution is 6.01. The molecule has 10 rings (SSSR count). The highest BCUT2D eigenvalue weighted by Gasteiger charge is 2.31. The summed E-state index contributed by atoms with van der Waals surface area (Å²) in [5.74, 6) is 0.281. The summed E-state index contributed by atoms with van der Waals surface area (Å²) in [4.78, 5) is 55.4. The maximum atomic E-state index is 15.2. The number of H-pyrrole nitrogens is 1. The Balaban J connectivity index is 0.673. The summed E-state index contributed by atoms with van der Waals surface area (Å²) in [5.41, 5.74) is 8.12. The number of halogens is 1. The second kappa shape index (κ2) is 17.8. The number of anilines is 2. The number of carbonyl (C=O) groups excluding carboxylic acids is 3. The third kappa shape index (κ3) is 8.46. The number of rotatable bonds is 10. The summed E-state index contributed by atoms with van der Waals surface area (Å²) < 4.78 is 17.4. The Labute approximate surface area is 372 Å². The van der Waals surface area contributed by atoms with Crippen LogP contribution in [-0.4, -0.2) is 122 Å². The molecule has 15 heteroatoms. The first-order valence-electron chi connectivity index (χ1n) is 22.9. The van der Waals surface area contributed by atoms with Crippen molar-refractivity contribution >= 4 is 51.2 Å². The lowest BCUT2D eigenvalue weighted by Crippen LogP contribution is -2.49. The van der Waals surface area contributed by atoms with Gasteiger partial charge in [0.1, 0.15) is 11.7 Å². The van der Waals surface area contributed by atoms with E-state index in [1.54, 1.807) is 6.20 Å². The number of piperidine rings is 3. The van der Waals surface area contributed by atoms with Crippen LogP contribution in [0, 0.1) is 11.7 Å². The second-order valence-electron chi connectivity index (χ2n) is 18.2. The predicted molar refractivity (Wildman–Crippen MR) is 245 cm³/mol. The molecule has 4 fully saturated rings. The van der Waals surface area contributed by atoms with Crippen LogP contribution in [0.25, 0.3) is 33.1 Å². The largest absolute Gasteiger partial charge is 0.372 e. The minimum atomic E-state index is -0.589. The molecule has 4 aliphatic heterocycles. The topological polar surface area (TPSA) is 148 Å². The average molecular weight is 866 g/mol. The number of imide groups is 1. The molecule has 0 saturated carbocycles. The number of fused-ring (bicyclic) bond motifs is 2. The van der Waals surface area contributed by atoms with Crippen LogP contribution in [0.3, 0.4) is 0 Å². The van der Waals surface area contributed by atoms with E-state index in [-0.39, 0.29) is 24.3 Å². The number of piperazine rings is 1. The van der Waals surface area contributed by atoms with Crippen molar-refractivity contribution in [3.63, 3.8) is 0 Å². The number of amides is 3. The van der Waals surface area contributed by atoms with E-state index in [0.29, 0.717) is 42.9 Å². The smallest absolute Gasteiger partial charge is 0.253 e. The number of likely N-dealkylation sites (tertiary alicyclic amines) is 2. The van der Waals surface area contributed by atoms with Crippen molar-refractivity contribution in [2.24, 2.45) is 13.0 Å².